The van der Waals surface area contributed by atoms with Gasteiger partial charge in [-0.1, -0.05) is 36.4 Å². The fourth-order valence-corrected chi connectivity index (χ4v) is 3.68. The summed E-state index contributed by atoms with van der Waals surface area (Å²) in [6.45, 7) is 0.710. The Morgan fingerprint density at radius 1 is 1.12 bits per heavy atom. The summed E-state index contributed by atoms with van der Waals surface area (Å²) in [4.78, 5) is 14.8. The predicted molar refractivity (Wildman–Crippen MR) is 94.4 cm³/mol. The summed E-state index contributed by atoms with van der Waals surface area (Å²) in [5, 5.41) is 0. The molecule has 2 aromatic carbocycles. The highest BCUT2D eigenvalue weighted by Crippen LogP contribution is 2.33. The Kier molecular flexibility index (Phi) is 4.57. The maximum atomic E-state index is 12.9. The Labute approximate surface area is 142 Å². The molecular weight excluding hydrogens is 324 g/mol. The van der Waals surface area contributed by atoms with E-state index < -0.39 is 10.0 Å². The molecule has 1 atom stereocenters. The van der Waals surface area contributed by atoms with Gasteiger partial charge in [0.25, 0.3) is 5.91 Å². The molecule has 0 saturated carbocycles. The molecular formula is C18H20N2O3S. The molecule has 0 radical (unpaired) electrons. The number of carbonyl (C=O) groups excluding carboxylic acids is 1. The predicted octanol–water partition coefficient (Wildman–Crippen LogP) is 3.04. The van der Waals surface area contributed by atoms with Crippen molar-refractivity contribution < 1.29 is 13.2 Å². The Bertz CT molecular complexity index is 834. The summed E-state index contributed by atoms with van der Waals surface area (Å²) in [6, 6.07) is 16.7. The highest BCUT2D eigenvalue weighted by molar-refractivity contribution is 7.92. The van der Waals surface area contributed by atoms with E-state index in [0.29, 0.717) is 17.8 Å². The van der Waals surface area contributed by atoms with Gasteiger partial charge in [-0.15, -0.1) is 0 Å². The van der Waals surface area contributed by atoms with Gasteiger partial charge in [0.05, 0.1) is 12.3 Å². The Morgan fingerprint density at radius 2 is 1.88 bits per heavy atom. The third-order valence-corrected chi connectivity index (χ3v) is 4.72. The van der Waals surface area contributed by atoms with Crippen molar-refractivity contribution in [2.24, 2.45) is 0 Å². The molecule has 2 aromatic rings. The molecule has 1 fully saturated rings. The first kappa shape index (κ1) is 16.5. The Morgan fingerprint density at radius 3 is 2.58 bits per heavy atom. The average Bonchev–Trinajstić information content (AvgIpc) is 3.03. The van der Waals surface area contributed by atoms with E-state index in [1.54, 1.807) is 24.3 Å². The minimum Gasteiger partial charge on any atom is -0.332 e. The van der Waals surface area contributed by atoms with Crippen molar-refractivity contribution in [2.45, 2.75) is 18.9 Å². The van der Waals surface area contributed by atoms with Crippen LogP contribution >= 0.6 is 0 Å². The van der Waals surface area contributed by atoms with Crippen LogP contribution in [0.2, 0.25) is 0 Å². The van der Waals surface area contributed by atoms with Crippen LogP contribution in [0.1, 0.15) is 34.8 Å². The second-order valence-electron chi connectivity index (χ2n) is 6.02. The quantitative estimate of drug-likeness (QED) is 0.927. The fourth-order valence-electron chi connectivity index (χ4n) is 3.13. The van der Waals surface area contributed by atoms with E-state index in [1.165, 1.54) is 0 Å². The van der Waals surface area contributed by atoms with Gasteiger partial charge in [-0.05, 0) is 36.6 Å². The summed E-state index contributed by atoms with van der Waals surface area (Å²) in [5.41, 5.74) is 2.03. The lowest BCUT2D eigenvalue weighted by Gasteiger charge is -2.25. The van der Waals surface area contributed by atoms with Crippen LogP contribution in [0.15, 0.2) is 54.6 Å². The van der Waals surface area contributed by atoms with Crippen LogP contribution in [-0.4, -0.2) is 32.0 Å². The lowest BCUT2D eigenvalue weighted by molar-refractivity contribution is 0.0735. The van der Waals surface area contributed by atoms with E-state index in [2.05, 4.69) is 4.72 Å². The lowest BCUT2D eigenvalue weighted by atomic mass is 10.0. The fraction of sp³-hybridized carbons (Fsp3) is 0.278. The number of benzene rings is 2. The number of rotatable bonds is 4. The van der Waals surface area contributed by atoms with E-state index in [9.17, 15) is 13.2 Å². The summed E-state index contributed by atoms with van der Waals surface area (Å²) >= 11 is 0. The van der Waals surface area contributed by atoms with Crippen molar-refractivity contribution in [2.75, 3.05) is 17.5 Å². The highest BCUT2D eigenvalue weighted by Gasteiger charge is 2.30. The molecule has 0 spiro atoms. The Balaban J connectivity index is 1.84. The zero-order valence-corrected chi connectivity index (χ0v) is 14.3. The molecule has 0 aliphatic carbocycles. The van der Waals surface area contributed by atoms with Gasteiger partial charge in [0.2, 0.25) is 10.0 Å². The van der Waals surface area contributed by atoms with Crippen molar-refractivity contribution in [3.05, 3.63) is 65.7 Å². The molecule has 6 heteroatoms. The molecule has 5 nitrogen and oxygen atoms in total. The topological polar surface area (TPSA) is 66.5 Å². The average molecular weight is 344 g/mol. The van der Waals surface area contributed by atoms with Crippen molar-refractivity contribution in [3.63, 3.8) is 0 Å². The van der Waals surface area contributed by atoms with Gasteiger partial charge in [0, 0.05) is 17.8 Å². The van der Waals surface area contributed by atoms with Crippen molar-refractivity contribution >= 4 is 21.6 Å². The molecule has 1 amide bonds. The van der Waals surface area contributed by atoms with Gasteiger partial charge in [-0.3, -0.25) is 9.52 Å². The smallest absolute Gasteiger partial charge is 0.254 e. The highest BCUT2D eigenvalue weighted by atomic mass is 32.2. The molecule has 0 bridgehead atoms. The number of hydrogen-bond donors (Lipinski definition) is 1. The first-order valence-electron chi connectivity index (χ1n) is 7.88. The van der Waals surface area contributed by atoms with Gasteiger partial charge in [-0.2, -0.15) is 0 Å². The molecule has 1 aliphatic rings. The molecule has 1 heterocycles. The monoisotopic (exact) mass is 344 g/mol. The number of amides is 1. The van der Waals surface area contributed by atoms with Crippen molar-refractivity contribution in [3.8, 4) is 0 Å². The second-order valence-corrected chi connectivity index (χ2v) is 7.77. The lowest BCUT2D eigenvalue weighted by Crippen LogP contribution is -2.30. The minimum atomic E-state index is -3.37. The maximum Gasteiger partial charge on any atom is 0.254 e. The molecule has 1 saturated heterocycles. The largest absolute Gasteiger partial charge is 0.332 e. The number of carbonyl (C=O) groups is 1. The third-order valence-electron chi connectivity index (χ3n) is 4.11. The first-order chi connectivity index (χ1) is 11.4. The summed E-state index contributed by atoms with van der Waals surface area (Å²) in [6.07, 6.45) is 3.00. The van der Waals surface area contributed by atoms with Crippen molar-refractivity contribution in [1.29, 1.82) is 0 Å². The van der Waals surface area contributed by atoms with Crippen molar-refractivity contribution in [1.82, 2.24) is 4.90 Å². The number of nitrogens with one attached hydrogen (secondary N) is 1. The summed E-state index contributed by atoms with van der Waals surface area (Å²) in [5.74, 6) is -0.0708. The Hall–Kier alpha value is -2.34. The van der Waals surface area contributed by atoms with Crippen LogP contribution in [0, 0.1) is 0 Å². The molecule has 1 aliphatic heterocycles. The zero-order chi connectivity index (χ0) is 17.2. The van der Waals surface area contributed by atoms with Crippen LogP contribution in [0.25, 0.3) is 0 Å². The number of hydrogen-bond acceptors (Lipinski definition) is 3. The van der Waals surface area contributed by atoms with Crippen LogP contribution in [0.5, 0.6) is 0 Å². The molecule has 126 valence electrons. The number of likely N-dealkylation sites (tertiary alicyclic amines) is 1. The van der Waals surface area contributed by atoms with Crippen LogP contribution in [0.3, 0.4) is 0 Å². The molecule has 1 N–H and O–H groups in total. The standard InChI is InChI=1S/C18H20N2O3S/c1-24(22,23)19-16-10-5-9-15(13-16)18(21)20-12-6-11-17(20)14-7-3-2-4-8-14/h2-5,7-10,13,17,19H,6,11-12H2,1H3. The number of anilines is 1. The number of sulfonamides is 1. The van der Waals surface area contributed by atoms with Crippen LogP contribution in [-0.2, 0) is 10.0 Å². The summed E-state index contributed by atoms with van der Waals surface area (Å²) in [7, 11) is -3.37. The van der Waals surface area contributed by atoms with E-state index in [0.717, 1.165) is 24.7 Å². The van der Waals surface area contributed by atoms with E-state index >= 15 is 0 Å². The second kappa shape index (κ2) is 6.65. The molecule has 24 heavy (non-hydrogen) atoms. The SMILES string of the molecule is CS(=O)(=O)Nc1cccc(C(=O)N2CCCC2c2ccccc2)c1. The maximum absolute atomic E-state index is 12.9. The molecule has 0 aromatic heterocycles. The normalized spacial score (nSPS) is 17.7. The van der Waals surface area contributed by atoms with E-state index in [1.807, 2.05) is 35.2 Å². The first-order valence-corrected chi connectivity index (χ1v) is 9.77. The summed E-state index contributed by atoms with van der Waals surface area (Å²) < 4.78 is 25.1. The van der Waals surface area contributed by atoms with E-state index in [4.69, 9.17) is 0 Å². The minimum absolute atomic E-state index is 0.0708. The van der Waals surface area contributed by atoms with Gasteiger partial charge < -0.3 is 4.90 Å². The van der Waals surface area contributed by atoms with Gasteiger partial charge >= 0.3 is 0 Å². The van der Waals surface area contributed by atoms with Crippen LogP contribution in [0.4, 0.5) is 5.69 Å². The molecule has 3 rings (SSSR count). The van der Waals surface area contributed by atoms with Gasteiger partial charge in [0.1, 0.15) is 0 Å². The number of nitrogens with zero attached hydrogens (tertiary/aromatic N) is 1. The van der Waals surface area contributed by atoms with E-state index in [-0.39, 0.29) is 11.9 Å². The van der Waals surface area contributed by atoms with Gasteiger partial charge in [-0.25, -0.2) is 8.42 Å². The third kappa shape index (κ3) is 3.76. The molecule has 1 unspecified atom stereocenters. The van der Waals surface area contributed by atoms with Gasteiger partial charge in [0.15, 0.2) is 0 Å². The zero-order valence-electron chi connectivity index (χ0n) is 13.5. The van der Waals surface area contributed by atoms with Crippen LogP contribution < -0.4 is 4.72 Å².